The monoisotopic (exact) mass is 587 g/mol. The van der Waals surface area contributed by atoms with Crippen molar-refractivity contribution in [3.05, 3.63) is 61.7 Å². The number of aromatic nitrogens is 4. The fourth-order valence-corrected chi connectivity index (χ4v) is 3.84. The van der Waals surface area contributed by atoms with E-state index in [-0.39, 0.29) is 22.8 Å². The second-order valence-electron chi connectivity index (χ2n) is 7.44. The van der Waals surface area contributed by atoms with Crippen molar-refractivity contribution in [1.29, 1.82) is 0 Å². The first-order chi connectivity index (χ1) is 17.1. The van der Waals surface area contributed by atoms with Crippen LogP contribution in [0.3, 0.4) is 0 Å². The Labute approximate surface area is 211 Å². The minimum absolute atomic E-state index is 0.00629. The van der Waals surface area contributed by atoms with Crippen LogP contribution < -0.4 is 15.6 Å². The number of halogens is 1. The third-order valence-corrected chi connectivity index (χ3v) is 5.87. The number of nitrogens with one attached hydrogen (secondary N) is 2. The second-order valence-corrected chi connectivity index (χ2v) is 8.68. The first kappa shape index (κ1) is 22.9. The fraction of sp³-hybridized carbons (Fsp3) is 0.190. The topological polar surface area (TPSA) is 157 Å². The average Bonchev–Trinajstić information content (AvgIpc) is 3.33. The van der Waals surface area contributed by atoms with Crippen LogP contribution >= 0.6 is 22.6 Å². The van der Waals surface area contributed by atoms with E-state index >= 15 is 0 Å². The second kappa shape index (κ2) is 10.1. The zero-order chi connectivity index (χ0) is 24.2. The number of hydrogen-bond donors (Lipinski definition) is 2. The quantitative estimate of drug-likeness (QED) is 0.141. The van der Waals surface area contributed by atoms with Gasteiger partial charge in [0.1, 0.15) is 5.69 Å². The van der Waals surface area contributed by atoms with Gasteiger partial charge in [-0.1, -0.05) is 6.07 Å². The number of hydrogen-bond acceptors (Lipinski definition) is 12. The van der Waals surface area contributed by atoms with Crippen molar-refractivity contribution in [2.24, 2.45) is 5.10 Å². The molecule has 5 rings (SSSR count). The van der Waals surface area contributed by atoms with Gasteiger partial charge < -0.3 is 15.0 Å². The van der Waals surface area contributed by atoms with Gasteiger partial charge in [0.2, 0.25) is 11.3 Å². The average molecular weight is 587 g/mol. The van der Waals surface area contributed by atoms with Crippen molar-refractivity contribution in [2.45, 2.75) is 0 Å². The number of nitro groups is 1. The summed E-state index contributed by atoms with van der Waals surface area (Å²) >= 11 is 2.22. The van der Waals surface area contributed by atoms with E-state index in [1.54, 1.807) is 12.1 Å². The maximum atomic E-state index is 11.7. The molecule has 1 aliphatic rings. The first-order valence-corrected chi connectivity index (χ1v) is 11.6. The molecule has 0 amide bonds. The number of nitrogens with zero attached hydrogens (tertiary/aromatic N) is 7. The molecular weight excluding hydrogens is 569 g/mol. The highest BCUT2D eigenvalue weighted by molar-refractivity contribution is 14.1. The normalized spacial score (nSPS) is 13.9. The van der Waals surface area contributed by atoms with Crippen LogP contribution in [0.5, 0.6) is 0 Å². The summed E-state index contributed by atoms with van der Waals surface area (Å²) in [5, 5.41) is 26.5. The molecule has 178 valence electrons. The highest BCUT2D eigenvalue weighted by Gasteiger charge is 2.21. The number of ether oxygens (including phenoxy) is 1. The highest BCUT2D eigenvalue weighted by atomic mass is 127. The number of nitro benzene ring substituents is 1. The van der Waals surface area contributed by atoms with Crippen LogP contribution in [0.25, 0.3) is 11.3 Å². The molecule has 0 radical (unpaired) electrons. The molecule has 2 aromatic carbocycles. The van der Waals surface area contributed by atoms with Crippen molar-refractivity contribution in [3.63, 3.8) is 0 Å². The molecule has 2 aromatic heterocycles. The molecular formula is C21H18IN9O4. The van der Waals surface area contributed by atoms with Gasteiger partial charge in [-0.25, -0.2) is 9.61 Å². The maximum absolute atomic E-state index is 11.7. The molecule has 0 atom stereocenters. The predicted octanol–water partition coefficient (Wildman–Crippen LogP) is 3.55. The first-order valence-electron chi connectivity index (χ1n) is 10.5. The number of rotatable bonds is 7. The lowest BCUT2D eigenvalue weighted by molar-refractivity contribution is -0.384. The Morgan fingerprint density at radius 1 is 1.06 bits per heavy atom. The number of benzene rings is 2. The van der Waals surface area contributed by atoms with Gasteiger partial charge in [-0.05, 0) is 63.2 Å². The van der Waals surface area contributed by atoms with Crippen molar-refractivity contribution >= 4 is 68.8 Å². The Morgan fingerprint density at radius 3 is 2.49 bits per heavy atom. The smallest absolute Gasteiger partial charge is 0.293 e. The van der Waals surface area contributed by atoms with Crippen LogP contribution in [-0.2, 0) is 4.74 Å². The molecule has 0 aliphatic carbocycles. The molecule has 35 heavy (non-hydrogen) atoms. The summed E-state index contributed by atoms with van der Waals surface area (Å²) < 4.78 is 11.1. The Morgan fingerprint density at radius 2 is 1.77 bits per heavy atom. The van der Waals surface area contributed by atoms with Crippen molar-refractivity contribution in [2.75, 3.05) is 41.9 Å². The molecule has 14 heteroatoms. The number of morpholine rings is 1. The van der Waals surface area contributed by atoms with Crippen molar-refractivity contribution in [3.8, 4) is 0 Å². The minimum atomic E-state index is -0.393. The maximum Gasteiger partial charge on any atom is 0.293 e. The van der Waals surface area contributed by atoms with Crippen molar-refractivity contribution < 1.29 is 14.3 Å². The van der Waals surface area contributed by atoms with Crippen LogP contribution in [0.2, 0.25) is 0 Å². The third-order valence-electron chi connectivity index (χ3n) is 5.15. The largest absolute Gasteiger partial charge is 0.378 e. The summed E-state index contributed by atoms with van der Waals surface area (Å²) in [6, 6.07) is 12.7. The molecule has 0 unspecified atom stereocenters. The summed E-state index contributed by atoms with van der Waals surface area (Å²) in [4.78, 5) is 22.0. The van der Waals surface area contributed by atoms with Gasteiger partial charge in [0.05, 0.1) is 24.4 Å². The van der Waals surface area contributed by atoms with E-state index in [0.29, 0.717) is 43.4 Å². The molecule has 4 aromatic rings. The summed E-state index contributed by atoms with van der Waals surface area (Å²) in [6.07, 6.45) is 1.47. The van der Waals surface area contributed by atoms with Gasteiger partial charge in [0, 0.05) is 34.0 Å². The zero-order valence-electron chi connectivity index (χ0n) is 18.1. The molecule has 0 spiro atoms. The highest BCUT2D eigenvalue weighted by Crippen LogP contribution is 2.30. The lowest BCUT2D eigenvalue weighted by Crippen LogP contribution is -2.36. The third kappa shape index (κ3) is 5.27. The molecule has 0 bridgehead atoms. The van der Waals surface area contributed by atoms with E-state index in [1.165, 1.54) is 12.3 Å². The molecule has 3 heterocycles. The van der Waals surface area contributed by atoms with Gasteiger partial charge >= 0.3 is 0 Å². The van der Waals surface area contributed by atoms with Gasteiger partial charge in [-0.3, -0.25) is 15.5 Å². The lowest BCUT2D eigenvalue weighted by atomic mass is 10.1. The van der Waals surface area contributed by atoms with E-state index in [9.17, 15) is 10.1 Å². The van der Waals surface area contributed by atoms with E-state index in [1.807, 2.05) is 29.2 Å². The van der Waals surface area contributed by atoms with Gasteiger partial charge in [0.25, 0.3) is 5.69 Å². The molecule has 2 N–H and O–H groups in total. The summed E-state index contributed by atoms with van der Waals surface area (Å²) in [5.74, 6) is 0.641. The lowest BCUT2D eigenvalue weighted by Gasteiger charge is -2.28. The fourth-order valence-electron chi connectivity index (χ4n) is 3.48. The van der Waals surface area contributed by atoms with Gasteiger partial charge in [0.15, 0.2) is 11.6 Å². The SMILES string of the molecule is O=[N+]([O-])c1cc(/C=N/Nc2nc3nonc3nc2Nc2ccc(I)cc2)ccc1N1CCOCC1. The van der Waals surface area contributed by atoms with Crippen LogP contribution in [0.15, 0.2) is 52.2 Å². The van der Waals surface area contributed by atoms with Gasteiger partial charge in [-0.15, -0.1) is 0 Å². The standard InChI is InChI=1S/C21H18IN9O4/c22-14-2-4-15(5-3-14)24-18-19(26-21-20(25-18)28-35-29-21)27-23-12-13-1-6-16(17(11-13)31(32)33)30-7-9-34-10-8-30/h1-6,11-12H,7-10H2,(H,24,25,28)(H,26,27,29)/b23-12+. The summed E-state index contributed by atoms with van der Waals surface area (Å²) in [7, 11) is 0. The minimum Gasteiger partial charge on any atom is -0.378 e. The molecule has 1 fully saturated rings. The predicted molar refractivity (Wildman–Crippen MR) is 137 cm³/mol. The zero-order valence-corrected chi connectivity index (χ0v) is 20.2. The van der Waals surface area contributed by atoms with Crippen LogP contribution in [0.1, 0.15) is 5.56 Å². The van der Waals surface area contributed by atoms with Crippen molar-refractivity contribution in [1.82, 2.24) is 20.3 Å². The molecule has 1 aliphatic heterocycles. The Hall–Kier alpha value is -3.92. The summed E-state index contributed by atoms with van der Waals surface area (Å²) in [5.41, 5.74) is 5.17. The molecule has 0 saturated carbocycles. The molecule has 1 saturated heterocycles. The van der Waals surface area contributed by atoms with E-state index in [0.717, 1.165) is 9.26 Å². The number of hydrazone groups is 1. The number of fused-ring (bicyclic) bond motifs is 1. The Bertz CT molecular complexity index is 1390. The summed E-state index contributed by atoms with van der Waals surface area (Å²) in [6.45, 7) is 2.28. The van der Waals surface area contributed by atoms with E-state index < -0.39 is 4.92 Å². The van der Waals surface area contributed by atoms with Crippen LogP contribution in [0.4, 0.5) is 28.7 Å². The number of anilines is 4. The van der Waals surface area contributed by atoms with E-state index in [2.05, 4.69) is 58.7 Å². The molecule has 13 nitrogen and oxygen atoms in total. The van der Waals surface area contributed by atoms with Gasteiger partial charge in [-0.2, -0.15) is 10.1 Å². The Kier molecular flexibility index (Phi) is 6.62. The van der Waals surface area contributed by atoms with Crippen LogP contribution in [-0.4, -0.2) is 57.7 Å². The van der Waals surface area contributed by atoms with E-state index in [4.69, 9.17) is 9.37 Å². The van der Waals surface area contributed by atoms with Crippen LogP contribution in [0, 0.1) is 13.7 Å². The Balaban J connectivity index is 1.39.